The summed E-state index contributed by atoms with van der Waals surface area (Å²) < 4.78 is 0. The zero-order valence-corrected chi connectivity index (χ0v) is 6.08. The average Bonchev–Trinajstić information content (AvgIpc) is 1.88. The van der Waals surface area contributed by atoms with Crippen molar-refractivity contribution in [2.24, 2.45) is 5.92 Å². The maximum absolute atomic E-state index is 10.4. The minimum atomic E-state index is -0.692. The van der Waals surface area contributed by atoms with Gasteiger partial charge in [-0.1, -0.05) is 24.4 Å². The van der Waals surface area contributed by atoms with Gasteiger partial charge in [0.05, 0.1) is 5.92 Å². The molecule has 0 bridgehead atoms. The lowest BCUT2D eigenvalue weighted by molar-refractivity contribution is -0.140. The Labute approximate surface area is 61.3 Å². The van der Waals surface area contributed by atoms with Crippen LogP contribution in [0.5, 0.6) is 0 Å². The second-order valence-electron chi connectivity index (χ2n) is 2.88. The van der Waals surface area contributed by atoms with Crippen molar-refractivity contribution >= 4 is 13.8 Å². The third-order valence-electron chi connectivity index (χ3n) is 1.92. The summed E-state index contributed by atoms with van der Waals surface area (Å²) >= 11 is 0. The molecular formula is C7H11BO2. The molecule has 2 nitrogen and oxygen atoms in total. The van der Waals surface area contributed by atoms with Gasteiger partial charge in [0.2, 0.25) is 0 Å². The number of carboxylic acids is 1. The largest absolute Gasteiger partial charge is 0.481 e. The molecule has 0 aromatic heterocycles. The fourth-order valence-electron chi connectivity index (χ4n) is 1.16. The Morgan fingerprint density at radius 3 is 2.60 bits per heavy atom. The predicted molar refractivity (Wildman–Crippen MR) is 41.8 cm³/mol. The van der Waals surface area contributed by atoms with Crippen LogP contribution in [0.3, 0.4) is 0 Å². The van der Waals surface area contributed by atoms with Crippen molar-refractivity contribution < 1.29 is 9.90 Å². The molecule has 1 aliphatic carbocycles. The van der Waals surface area contributed by atoms with Crippen LogP contribution in [0.4, 0.5) is 0 Å². The summed E-state index contributed by atoms with van der Waals surface area (Å²) in [6.07, 6.45) is 5.60. The molecule has 0 aromatic rings. The number of carbonyl (C=O) groups is 1. The Morgan fingerprint density at radius 1 is 1.50 bits per heavy atom. The van der Waals surface area contributed by atoms with Crippen molar-refractivity contribution in [3.05, 3.63) is 12.2 Å². The SMILES string of the molecule is BC1C=CC(C(=O)O)CC1. The van der Waals surface area contributed by atoms with E-state index in [1.54, 1.807) is 6.08 Å². The van der Waals surface area contributed by atoms with E-state index < -0.39 is 5.97 Å². The molecule has 54 valence electrons. The van der Waals surface area contributed by atoms with Crippen molar-refractivity contribution in [3.63, 3.8) is 0 Å². The van der Waals surface area contributed by atoms with E-state index in [-0.39, 0.29) is 5.92 Å². The first-order valence-corrected chi connectivity index (χ1v) is 3.61. The van der Waals surface area contributed by atoms with Crippen LogP contribution in [0.25, 0.3) is 0 Å². The molecule has 3 heteroatoms. The van der Waals surface area contributed by atoms with Gasteiger partial charge < -0.3 is 5.11 Å². The van der Waals surface area contributed by atoms with Crippen LogP contribution < -0.4 is 0 Å². The molecule has 0 saturated heterocycles. The fourth-order valence-corrected chi connectivity index (χ4v) is 1.16. The third-order valence-corrected chi connectivity index (χ3v) is 1.92. The first-order valence-electron chi connectivity index (χ1n) is 3.61. The summed E-state index contributed by atoms with van der Waals surface area (Å²) in [6.45, 7) is 0. The van der Waals surface area contributed by atoms with Crippen molar-refractivity contribution in [1.29, 1.82) is 0 Å². The first-order chi connectivity index (χ1) is 4.70. The first kappa shape index (κ1) is 7.38. The molecule has 0 aromatic carbocycles. The Morgan fingerprint density at radius 2 is 2.20 bits per heavy atom. The quantitative estimate of drug-likeness (QED) is 0.422. The molecule has 0 heterocycles. The van der Waals surface area contributed by atoms with E-state index in [1.165, 1.54) is 0 Å². The van der Waals surface area contributed by atoms with Gasteiger partial charge in [-0.25, -0.2) is 0 Å². The van der Waals surface area contributed by atoms with Crippen molar-refractivity contribution in [1.82, 2.24) is 0 Å². The van der Waals surface area contributed by atoms with Gasteiger partial charge in [-0.15, -0.1) is 0 Å². The summed E-state index contributed by atoms with van der Waals surface area (Å²) in [4.78, 5) is 10.4. The number of hydrogen-bond acceptors (Lipinski definition) is 1. The molecule has 1 aliphatic rings. The van der Waals surface area contributed by atoms with E-state index in [1.807, 2.05) is 6.08 Å². The summed E-state index contributed by atoms with van der Waals surface area (Å²) in [5.74, 6) is -0.352. The minimum Gasteiger partial charge on any atom is -0.481 e. The fraction of sp³-hybridized carbons (Fsp3) is 0.571. The van der Waals surface area contributed by atoms with Crippen LogP contribution in [0.2, 0.25) is 5.82 Å². The normalized spacial score (nSPS) is 32.0. The molecule has 1 N–H and O–H groups in total. The Balaban J connectivity index is 2.53. The summed E-state index contributed by atoms with van der Waals surface area (Å²) in [7, 11) is 2.11. The number of aliphatic carboxylic acids is 1. The van der Waals surface area contributed by atoms with Gasteiger partial charge in [-0.05, 0) is 6.42 Å². The summed E-state index contributed by atoms with van der Waals surface area (Å²) in [5.41, 5.74) is 0. The highest BCUT2D eigenvalue weighted by Gasteiger charge is 2.17. The van der Waals surface area contributed by atoms with Crippen LogP contribution in [0, 0.1) is 5.92 Å². The predicted octanol–water partition coefficient (Wildman–Crippen LogP) is 0.459. The van der Waals surface area contributed by atoms with Gasteiger partial charge in [0, 0.05) is 0 Å². The topological polar surface area (TPSA) is 37.3 Å². The van der Waals surface area contributed by atoms with Gasteiger partial charge in [0.25, 0.3) is 0 Å². The Hall–Kier alpha value is -0.725. The Kier molecular flexibility index (Phi) is 2.15. The standard InChI is InChI=1S/C7H11BO2/c8-6-3-1-5(2-4-6)7(9)10/h1,3,5-6H,2,4,8H2,(H,9,10). The monoisotopic (exact) mass is 138 g/mol. The molecule has 1 rings (SSSR count). The number of hydrogen-bond donors (Lipinski definition) is 1. The molecule has 0 saturated carbocycles. The summed E-state index contributed by atoms with van der Waals surface area (Å²) in [6, 6.07) is 0. The van der Waals surface area contributed by atoms with Crippen LogP contribution in [-0.4, -0.2) is 18.9 Å². The van der Waals surface area contributed by atoms with Crippen LogP contribution >= 0.6 is 0 Å². The maximum atomic E-state index is 10.4. The average molecular weight is 138 g/mol. The van der Waals surface area contributed by atoms with E-state index in [0.29, 0.717) is 5.82 Å². The highest BCUT2D eigenvalue weighted by Crippen LogP contribution is 2.23. The van der Waals surface area contributed by atoms with Gasteiger partial charge in [0.1, 0.15) is 7.85 Å². The highest BCUT2D eigenvalue weighted by molar-refractivity contribution is 6.13. The van der Waals surface area contributed by atoms with Crippen molar-refractivity contribution in [2.75, 3.05) is 0 Å². The number of rotatable bonds is 1. The zero-order valence-electron chi connectivity index (χ0n) is 6.08. The zero-order chi connectivity index (χ0) is 7.56. The van der Waals surface area contributed by atoms with Crippen molar-refractivity contribution in [2.45, 2.75) is 18.7 Å². The Bertz CT molecular complexity index is 165. The third kappa shape index (κ3) is 1.63. The molecule has 2 unspecified atom stereocenters. The molecule has 0 spiro atoms. The lowest BCUT2D eigenvalue weighted by atomic mass is 9.77. The lowest BCUT2D eigenvalue weighted by Crippen LogP contribution is -2.14. The minimum absolute atomic E-state index is 0.226. The van der Waals surface area contributed by atoms with Crippen LogP contribution in [0.15, 0.2) is 12.2 Å². The van der Waals surface area contributed by atoms with Gasteiger partial charge in [-0.3, -0.25) is 4.79 Å². The van der Waals surface area contributed by atoms with E-state index >= 15 is 0 Å². The highest BCUT2D eigenvalue weighted by atomic mass is 16.4. The number of allylic oxidation sites excluding steroid dienone is 1. The molecule has 0 aliphatic heterocycles. The molecule has 0 radical (unpaired) electrons. The van der Waals surface area contributed by atoms with Gasteiger partial charge in [-0.2, -0.15) is 0 Å². The van der Waals surface area contributed by atoms with Crippen LogP contribution in [0.1, 0.15) is 12.8 Å². The number of carboxylic acid groups (broad SMARTS) is 1. The lowest BCUT2D eigenvalue weighted by Gasteiger charge is -2.15. The van der Waals surface area contributed by atoms with Crippen molar-refractivity contribution in [3.8, 4) is 0 Å². The second kappa shape index (κ2) is 2.91. The van der Waals surface area contributed by atoms with Gasteiger partial charge in [0.15, 0.2) is 0 Å². The van der Waals surface area contributed by atoms with E-state index in [4.69, 9.17) is 5.11 Å². The van der Waals surface area contributed by atoms with Gasteiger partial charge >= 0.3 is 5.97 Å². The van der Waals surface area contributed by atoms with E-state index in [2.05, 4.69) is 7.85 Å². The molecular weight excluding hydrogens is 127 g/mol. The van der Waals surface area contributed by atoms with E-state index in [9.17, 15) is 4.79 Å². The molecule has 10 heavy (non-hydrogen) atoms. The maximum Gasteiger partial charge on any atom is 0.310 e. The summed E-state index contributed by atoms with van der Waals surface area (Å²) in [5, 5.41) is 8.57. The molecule has 0 fully saturated rings. The molecule has 2 atom stereocenters. The smallest absolute Gasteiger partial charge is 0.310 e. The second-order valence-corrected chi connectivity index (χ2v) is 2.88. The molecule has 0 amide bonds. The van der Waals surface area contributed by atoms with E-state index in [0.717, 1.165) is 12.8 Å². The van der Waals surface area contributed by atoms with Crippen LogP contribution in [-0.2, 0) is 4.79 Å².